The van der Waals surface area contributed by atoms with E-state index in [1.54, 1.807) is 9.80 Å². The van der Waals surface area contributed by atoms with Gasteiger partial charge in [-0.05, 0) is 120 Å². The van der Waals surface area contributed by atoms with Gasteiger partial charge in [0.2, 0.25) is 34.4 Å². The van der Waals surface area contributed by atoms with Crippen LogP contribution in [0.3, 0.4) is 0 Å². The van der Waals surface area contributed by atoms with E-state index < -0.39 is 180 Å². The Bertz CT molecular complexity index is 4710. The van der Waals surface area contributed by atoms with E-state index in [2.05, 4.69) is 61.0 Å². The Morgan fingerprint density at radius 2 is 0.773 bits per heavy atom. The van der Waals surface area contributed by atoms with Gasteiger partial charge in [-0.15, -0.1) is 20.5 Å². The van der Waals surface area contributed by atoms with E-state index >= 15 is 0 Å². The fourth-order valence-electron chi connectivity index (χ4n) is 8.45. The zero-order chi connectivity index (χ0) is 63.0. The van der Waals surface area contributed by atoms with Crippen molar-refractivity contribution in [2.24, 2.45) is 20.5 Å². The number of phenols is 2. The molecule has 1 aliphatic rings. The summed E-state index contributed by atoms with van der Waals surface area (Å²) in [4.78, 5) is 22.5. The number of aromatic nitrogens is 6. The number of hydrogen-bond donors (Lipinski definition) is 10. The number of halogens is 2. The minimum atomic E-state index is -5.39. The summed E-state index contributed by atoms with van der Waals surface area (Å²) in [6.07, 6.45) is 0. The molecule has 2 aromatic heterocycles. The average Bonchev–Trinajstić information content (AvgIpc) is 1.32. The number of benzene rings is 6. The molecule has 1 fully saturated rings. The summed E-state index contributed by atoms with van der Waals surface area (Å²) < 4.78 is 210. The Morgan fingerprint density at radius 3 is 1.08 bits per heavy atom. The number of aryl methyl sites for hydroxylation is 2. The standard InChI is InChI=1S/C44H36Cl2N14O20S6.K.Na/c1-19-3-5-25(29(11-19)83(69,70)71)55-57-35-31(85(75,76)77)15-21-13-23(81(63,64)65)17-27(33(21)37(35)61)47-41-49-39(45)51-43(53-41)59-7-9-60(10-8-59)44-52-40(46)50-42(54-44)48-28-18-24(82(66,67)68)14-22-16-32(86(78,79)80)36(38(62)34(22)28)58-56-26-6-4-20(2)12-30(26)84(72,73)74;;/h3-6,11-18,61-62H,7-10H2,1-2H3,(H,63,64,65)(H,66,67,68)(H,69,70,71)(H,72,73,74)(H,75,76,77)(H,78,79,80)(H,47,49,51,53)(H,48,50,52,54);;. The summed E-state index contributed by atoms with van der Waals surface area (Å²) in [5, 5.41) is 40.6. The molecule has 8 aromatic rings. The molecule has 0 unspecified atom stereocenters. The molecule has 1 aliphatic heterocycles. The van der Waals surface area contributed by atoms with Crippen LogP contribution in [0.5, 0.6) is 11.5 Å². The Balaban J connectivity index is 0.00000552. The number of piperazine rings is 1. The number of phenolic OH excluding ortho intramolecular Hbond substituents is 2. The molecule has 0 amide bonds. The Labute approximate surface area is 571 Å². The molecule has 44 heteroatoms. The van der Waals surface area contributed by atoms with Gasteiger partial charge in [0.1, 0.15) is 42.3 Å². The van der Waals surface area contributed by atoms with Crippen LogP contribution in [-0.4, -0.2) is 225 Å². The number of aromatic hydroxyl groups is 2. The molecule has 454 valence electrons. The maximum Gasteiger partial charge on any atom is 0.296 e. The van der Waals surface area contributed by atoms with Crippen LogP contribution in [0.15, 0.2) is 123 Å². The van der Waals surface area contributed by atoms with Crippen molar-refractivity contribution in [2.45, 2.75) is 43.2 Å². The van der Waals surface area contributed by atoms with Crippen molar-refractivity contribution in [3.63, 3.8) is 0 Å². The number of azo groups is 2. The fourth-order valence-corrected chi connectivity index (χ4v) is 12.6. The van der Waals surface area contributed by atoms with Crippen LogP contribution in [0.4, 0.5) is 57.9 Å². The van der Waals surface area contributed by atoms with E-state index in [0.29, 0.717) is 23.3 Å². The van der Waals surface area contributed by atoms with Crippen LogP contribution in [0.2, 0.25) is 10.6 Å². The van der Waals surface area contributed by atoms with E-state index in [1.165, 1.54) is 26.0 Å². The third-order valence-electron chi connectivity index (χ3n) is 12.2. The van der Waals surface area contributed by atoms with Crippen molar-refractivity contribution in [1.29, 1.82) is 0 Å². The second-order valence-corrected chi connectivity index (χ2v) is 27.2. The summed E-state index contributed by atoms with van der Waals surface area (Å²) in [5.74, 6) is -3.47. The van der Waals surface area contributed by atoms with Crippen LogP contribution in [-0.2, 0) is 60.7 Å². The first kappa shape index (κ1) is 70.0. The first-order valence-corrected chi connectivity index (χ1v) is 32.7. The van der Waals surface area contributed by atoms with Gasteiger partial charge in [-0.2, -0.15) is 80.4 Å². The molecule has 6 aromatic carbocycles. The molecule has 3 heterocycles. The van der Waals surface area contributed by atoms with Gasteiger partial charge in [-0.25, -0.2) is 0 Å². The summed E-state index contributed by atoms with van der Waals surface area (Å²) in [6.45, 7) is 3.00. The summed E-state index contributed by atoms with van der Waals surface area (Å²) in [7, 11) is -31.0. The average molecular weight is 1410 g/mol. The van der Waals surface area contributed by atoms with Gasteiger partial charge < -0.3 is 30.6 Å². The number of rotatable bonds is 16. The number of nitrogens with zero attached hydrogens (tertiary/aromatic N) is 12. The first-order chi connectivity index (χ1) is 39.8. The zero-order valence-corrected chi connectivity index (χ0v) is 56.3. The normalized spacial score (nSPS) is 13.7. The van der Waals surface area contributed by atoms with Crippen molar-refractivity contribution in [2.75, 3.05) is 46.6 Å². The molecule has 0 atom stereocenters. The zero-order valence-electron chi connectivity index (χ0n) is 44.8. The first-order valence-electron chi connectivity index (χ1n) is 23.3. The van der Waals surface area contributed by atoms with E-state index in [0.717, 1.165) is 48.5 Å². The third-order valence-corrected chi connectivity index (χ3v) is 17.7. The minimum Gasteiger partial charge on any atom is -0.505 e. The van der Waals surface area contributed by atoms with Crippen LogP contribution >= 0.6 is 23.2 Å². The Morgan fingerprint density at radius 1 is 0.443 bits per heavy atom. The Kier molecular flexibility index (Phi) is 20.7. The second-order valence-electron chi connectivity index (χ2n) is 18.2. The molecular weight excluding hydrogens is 1370 g/mol. The van der Waals surface area contributed by atoms with Crippen molar-refractivity contribution in [1.82, 2.24) is 29.9 Å². The van der Waals surface area contributed by atoms with Crippen LogP contribution in [0, 0.1) is 13.8 Å². The van der Waals surface area contributed by atoms with Crippen LogP contribution < -0.4 is 20.4 Å². The number of anilines is 6. The number of hydrogen-bond acceptors (Lipinski definition) is 28. The number of fused-ring (bicyclic) bond motifs is 2. The van der Waals surface area contributed by atoms with Crippen molar-refractivity contribution in [3.8, 4) is 11.5 Å². The van der Waals surface area contributed by atoms with Gasteiger partial charge in [0.05, 0.1) is 21.2 Å². The summed E-state index contributed by atoms with van der Waals surface area (Å²) >= 11 is 12.7. The van der Waals surface area contributed by atoms with E-state index in [1.807, 2.05) is 0 Å². The molecule has 1 saturated heterocycles. The molecule has 88 heavy (non-hydrogen) atoms. The van der Waals surface area contributed by atoms with Gasteiger partial charge in [0, 0.05) is 118 Å². The van der Waals surface area contributed by atoms with Gasteiger partial charge in [-0.3, -0.25) is 27.3 Å². The largest absolute Gasteiger partial charge is 0.505 e. The SMILES string of the molecule is Cc1ccc(N=Nc2c(S(=O)(=O)O)cc3cc(S(=O)(=O)O)cc(Nc4nc(Cl)nc(N5CCN(c6nc(Cl)nc(Nc7cc(S(=O)(=O)O)cc8cc(S(=O)(=O)O)c(N=Nc9ccc(C)cc9S(=O)(=O)O)c(O)c78)n6)CC5)n4)c3c2O)c(S(=O)(=O)O)c1.[K].[Na]. The van der Waals surface area contributed by atoms with Crippen LogP contribution in [0.1, 0.15) is 11.1 Å². The quantitative estimate of drug-likeness (QED) is 0.0298. The van der Waals surface area contributed by atoms with Crippen LogP contribution in [0.25, 0.3) is 21.5 Å². The predicted octanol–water partition coefficient (Wildman–Crippen LogP) is 6.06. The van der Waals surface area contributed by atoms with Crippen molar-refractivity contribution >= 4 is 244 Å². The molecule has 0 saturated carbocycles. The molecule has 2 radical (unpaired) electrons. The molecule has 10 N–H and O–H groups in total. The summed E-state index contributed by atoms with van der Waals surface area (Å²) in [6, 6.07) is 11.2. The molecule has 0 spiro atoms. The number of nitrogens with one attached hydrogen (secondary N) is 2. The molecule has 34 nitrogen and oxygen atoms in total. The topological polar surface area (TPSA) is 524 Å². The van der Waals surface area contributed by atoms with E-state index in [-0.39, 0.29) is 119 Å². The molecular formula is C44H36Cl2KN14NaO20S6. The monoisotopic (exact) mass is 1400 g/mol. The maximum atomic E-state index is 12.7. The molecule has 9 rings (SSSR count). The molecule has 0 aliphatic carbocycles. The van der Waals surface area contributed by atoms with Gasteiger partial charge >= 0.3 is 0 Å². The maximum absolute atomic E-state index is 12.7. The summed E-state index contributed by atoms with van der Waals surface area (Å²) in [5.41, 5.74) is -3.42. The van der Waals surface area contributed by atoms with Gasteiger partial charge in [0.15, 0.2) is 11.5 Å². The van der Waals surface area contributed by atoms with E-state index in [9.17, 15) is 88.0 Å². The smallest absolute Gasteiger partial charge is 0.296 e. The van der Waals surface area contributed by atoms with E-state index in [4.69, 9.17) is 23.2 Å². The predicted molar refractivity (Wildman–Crippen MR) is 313 cm³/mol. The van der Waals surface area contributed by atoms with Gasteiger partial charge in [-0.1, -0.05) is 12.1 Å². The Hall–Kier alpha value is -5.46. The van der Waals surface area contributed by atoms with Gasteiger partial charge in [0.25, 0.3) is 60.7 Å². The second kappa shape index (κ2) is 26.0. The van der Waals surface area contributed by atoms with Crippen molar-refractivity contribution < 1.29 is 88.0 Å². The minimum absolute atomic E-state index is 0. The third kappa shape index (κ3) is 15.6. The fraction of sp³-hybridized carbons (Fsp3) is 0.136. The van der Waals surface area contributed by atoms with Crippen molar-refractivity contribution in [3.05, 3.63) is 94.5 Å². The molecule has 0 bridgehead atoms.